The van der Waals surface area contributed by atoms with Gasteiger partial charge in [0.05, 0.1) is 4.92 Å². The lowest BCUT2D eigenvalue weighted by Crippen LogP contribution is -1.95. The van der Waals surface area contributed by atoms with Crippen molar-refractivity contribution in [3.05, 3.63) is 45.8 Å². The summed E-state index contributed by atoms with van der Waals surface area (Å²) in [5.74, 6) is -0.472. The van der Waals surface area contributed by atoms with Crippen LogP contribution in [0.4, 0.5) is 5.69 Å². The zero-order valence-corrected chi connectivity index (χ0v) is 7.25. The van der Waals surface area contributed by atoms with Gasteiger partial charge in [0, 0.05) is 18.6 Å². The normalized spacial score (nSPS) is 9.69. The van der Waals surface area contributed by atoms with E-state index in [0.717, 1.165) is 6.07 Å². The fourth-order valence-electron chi connectivity index (χ4n) is 0.826. The van der Waals surface area contributed by atoms with Crippen LogP contribution < -0.4 is 0 Å². The quantitative estimate of drug-likeness (QED) is 0.416. The van der Waals surface area contributed by atoms with Crippen LogP contribution in [-0.4, -0.2) is 10.7 Å². The van der Waals surface area contributed by atoms with E-state index in [0.29, 0.717) is 0 Å². The summed E-state index contributed by atoms with van der Waals surface area (Å²) in [5, 5.41) is 10.4. The van der Waals surface area contributed by atoms with E-state index in [2.05, 4.69) is 6.92 Å². The molecule has 0 aliphatic heterocycles. The molecule has 67 valence electrons. The van der Waals surface area contributed by atoms with Gasteiger partial charge in [-0.3, -0.25) is 14.9 Å². The first-order valence-corrected chi connectivity index (χ1v) is 3.70. The lowest BCUT2D eigenvalue weighted by Gasteiger charge is -1.97. The van der Waals surface area contributed by atoms with Gasteiger partial charge >= 0.3 is 0 Å². The van der Waals surface area contributed by atoms with Crippen LogP contribution in [0.1, 0.15) is 10.4 Å². The zero-order chi connectivity index (χ0) is 10.0. The maximum Gasteiger partial charge on any atom is 0.288 e. The molecule has 0 spiro atoms. The van der Waals surface area contributed by atoms with E-state index in [1.54, 1.807) is 0 Å². The molecule has 0 saturated carbocycles. The number of halogens is 1. The second-order valence-corrected chi connectivity index (χ2v) is 2.75. The third-order valence-corrected chi connectivity index (χ3v) is 1.78. The zero-order valence-electron chi connectivity index (χ0n) is 6.49. The Balaban J connectivity index is 3.27. The Morgan fingerprint density at radius 3 is 2.62 bits per heavy atom. The molecule has 0 atom stereocenters. The number of nitrogens with zero attached hydrogens (tertiary/aromatic N) is 1. The maximum absolute atomic E-state index is 10.8. The number of benzene rings is 1. The van der Waals surface area contributed by atoms with E-state index in [1.807, 2.05) is 0 Å². The lowest BCUT2D eigenvalue weighted by atomic mass is 10.1. The van der Waals surface area contributed by atoms with Crippen molar-refractivity contribution < 1.29 is 9.72 Å². The van der Waals surface area contributed by atoms with Crippen LogP contribution in [0.25, 0.3) is 0 Å². The minimum Gasteiger partial charge on any atom is -0.294 e. The second kappa shape index (κ2) is 3.53. The molecular formula is C8H5ClNO3. The minimum absolute atomic E-state index is 0.00926. The average molecular weight is 199 g/mol. The van der Waals surface area contributed by atoms with E-state index < -0.39 is 10.7 Å². The van der Waals surface area contributed by atoms with Crippen molar-refractivity contribution in [2.75, 3.05) is 0 Å². The second-order valence-electron chi connectivity index (χ2n) is 2.35. The van der Waals surface area contributed by atoms with Crippen molar-refractivity contribution in [3.63, 3.8) is 0 Å². The number of ketones is 1. The fraction of sp³-hybridized carbons (Fsp3) is 0. The lowest BCUT2D eigenvalue weighted by molar-refractivity contribution is -0.384. The highest BCUT2D eigenvalue weighted by atomic mass is 35.5. The molecule has 0 unspecified atom stereocenters. The maximum atomic E-state index is 10.8. The van der Waals surface area contributed by atoms with Gasteiger partial charge in [-0.2, -0.15) is 0 Å². The number of Topliss-reactive ketones (excluding diaryl/α,β-unsaturated/α-hetero) is 1. The smallest absolute Gasteiger partial charge is 0.288 e. The first-order chi connectivity index (χ1) is 6.02. The molecule has 0 aliphatic rings. The molecule has 0 amide bonds. The molecule has 5 heteroatoms. The van der Waals surface area contributed by atoms with Crippen LogP contribution in [0, 0.1) is 17.0 Å². The number of nitro groups is 1. The van der Waals surface area contributed by atoms with E-state index in [-0.39, 0.29) is 16.3 Å². The minimum atomic E-state index is -0.644. The predicted molar refractivity (Wildman–Crippen MR) is 47.8 cm³/mol. The van der Waals surface area contributed by atoms with E-state index in [4.69, 9.17) is 11.6 Å². The Labute approximate surface area is 79.3 Å². The molecule has 1 radical (unpaired) electrons. The number of hydrogen-bond acceptors (Lipinski definition) is 3. The largest absolute Gasteiger partial charge is 0.294 e. The third-order valence-electron chi connectivity index (χ3n) is 1.46. The van der Waals surface area contributed by atoms with E-state index in [9.17, 15) is 14.9 Å². The fourth-order valence-corrected chi connectivity index (χ4v) is 1.01. The van der Waals surface area contributed by atoms with Crippen LogP contribution in [0.5, 0.6) is 0 Å². The van der Waals surface area contributed by atoms with Gasteiger partial charge in [0.1, 0.15) is 5.02 Å². The average Bonchev–Trinajstić information content (AvgIpc) is 2.04. The van der Waals surface area contributed by atoms with Crippen molar-refractivity contribution >= 4 is 23.1 Å². The molecule has 0 aliphatic carbocycles. The van der Waals surface area contributed by atoms with Crippen LogP contribution in [-0.2, 0) is 0 Å². The van der Waals surface area contributed by atoms with Gasteiger partial charge in [-0.25, -0.2) is 0 Å². The molecule has 13 heavy (non-hydrogen) atoms. The summed E-state index contributed by atoms with van der Waals surface area (Å²) in [5.41, 5.74) is -0.104. The Morgan fingerprint density at radius 2 is 2.15 bits per heavy atom. The molecule has 0 aromatic heterocycles. The highest BCUT2D eigenvalue weighted by Gasteiger charge is 2.13. The standard InChI is InChI=1S/C8H5ClNO3/c1-5(11)6-2-3-7(9)8(4-6)10(12)13/h2-4H,1H2. The Bertz CT molecular complexity index is 376. The van der Waals surface area contributed by atoms with Gasteiger partial charge in [0.15, 0.2) is 5.78 Å². The molecule has 1 aromatic rings. The first kappa shape index (κ1) is 9.67. The van der Waals surface area contributed by atoms with Gasteiger partial charge in [-0.1, -0.05) is 11.6 Å². The summed E-state index contributed by atoms with van der Waals surface area (Å²) in [6.45, 7) is 3.13. The molecule has 0 N–H and O–H groups in total. The van der Waals surface area contributed by atoms with Crippen molar-refractivity contribution in [3.8, 4) is 0 Å². The van der Waals surface area contributed by atoms with Crippen LogP contribution in [0.15, 0.2) is 18.2 Å². The van der Waals surface area contributed by atoms with Crippen molar-refractivity contribution in [1.82, 2.24) is 0 Å². The van der Waals surface area contributed by atoms with E-state index in [1.165, 1.54) is 12.1 Å². The van der Waals surface area contributed by atoms with Crippen molar-refractivity contribution in [2.45, 2.75) is 0 Å². The number of nitro benzene ring substituents is 1. The Hall–Kier alpha value is -1.42. The number of rotatable bonds is 2. The SMILES string of the molecule is [CH2]C(=O)c1ccc(Cl)c([N+](=O)[O-])c1. The highest BCUT2D eigenvalue weighted by molar-refractivity contribution is 6.32. The molecule has 1 rings (SSSR count). The molecule has 0 saturated heterocycles. The molecular weight excluding hydrogens is 194 g/mol. The van der Waals surface area contributed by atoms with Crippen LogP contribution in [0.2, 0.25) is 5.02 Å². The molecule has 1 aromatic carbocycles. The highest BCUT2D eigenvalue weighted by Crippen LogP contribution is 2.24. The van der Waals surface area contributed by atoms with Gasteiger partial charge in [0.25, 0.3) is 5.69 Å². The van der Waals surface area contributed by atoms with Gasteiger partial charge in [-0.05, 0) is 12.1 Å². The van der Waals surface area contributed by atoms with Crippen molar-refractivity contribution in [2.24, 2.45) is 0 Å². The summed E-state index contributed by atoms with van der Waals surface area (Å²) >= 11 is 5.52. The van der Waals surface area contributed by atoms with Gasteiger partial charge in [0.2, 0.25) is 0 Å². The Morgan fingerprint density at radius 1 is 1.54 bits per heavy atom. The monoisotopic (exact) mass is 198 g/mol. The summed E-state index contributed by atoms with van der Waals surface area (Å²) in [4.78, 5) is 20.5. The van der Waals surface area contributed by atoms with Crippen LogP contribution >= 0.6 is 11.6 Å². The molecule has 0 heterocycles. The molecule has 0 fully saturated rings. The summed E-state index contributed by atoms with van der Waals surface area (Å²) < 4.78 is 0. The van der Waals surface area contributed by atoms with Crippen molar-refractivity contribution in [1.29, 1.82) is 0 Å². The first-order valence-electron chi connectivity index (χ1n) is 3.32. The molecule has 0 bridgehead atoms. The van der Waals surface area contributed by atoms with Crippen LogP contribution in [0.3, 0.4) is 0 Å². The summed E-state index contributed by atoms with van der Waals surface area (Å²) in [6.07, 6.45) is 0. The summed E-state index contributed by atoms with van der Waals surface area (Å²) in [6, 6.07) is 3.81. The number of carbonyl (C=O) groups excluding carboxylic acids is 1. The number of carbonyl (C=O) groups is 1. The molecule has 4 nitrogen and oxygen atoms in total. The Kier molecular flexibility index (Phi) is 2.63. The number of hydrogen-bond donors (Lipinski definition) is 0. The van der Waals surface area contributed by atoms with Gasteiger partial charge in [-0.15, -0.1) is 0 Å². The van der Waals surface area contributed by atoms with E-state index >= 15 is 0 Å². The topological polar surface area (TPSA) is 60.2 Å². The third kappa shape index (κ3) is 2.03. The predicted octanol–water partition coefficient (Wildman–Crippen LogP) is 2.26. The van der Waals surface area contributed by atoms with Gasteiger partial charge < -0.3 is 0 Å². The summed E-state index contributed by atoms with van der Waals surface area (Å²) in [7, 11) is 0.